The molecule has 1 saturated heterocycles. The van der Waals surface area contributed by atoms with Crippen LogP contribution in [0.3, 0.4) is 0 Å². The van der Waals surface area contributed by atoms with Gasteiger partial charge in [0.1, 0.15) is 0 Å². The monoisotopic (exact) mass is 354 g/mol. The highest BCUT2D eigenvalue weighted by Crippen LogP contribution is 2.31. The first-order valence-electron chi connectivity index (χ1n) is 7.24. The molecule has 0 saturated carbocycles. The summed E-state index contributed by atoms with van der Waals surface area (Å²) in [6.07, 6.45) is 4.13. The first-order chi connectivity index (χ1) is 11.0. The number of aromatic nitrogens is 4. The molecule has 1 amide bonds. The molecule has 1 N–H and O–H groups in total. The quantitative estimate of drug-likeness (QED) is 0.661. The first kappa shape index (κ1) is 16.2. The van der Waals surface area contributed by atoms with E-state index in [2.05, 4.69) is 39.6 Å². The summed E-state index contributed by atoms with van der Waals surface area (Å²) in [5.41, 5.74) is 0.204. The number of anilines is 2. The molecule has 8 nitrogen and oxygen atoms in total. The third kappa shape index (κ3) is 3.81. The number of carbonyl (C=O) groups is 1. The summed E-state index contributed by atoms with van der Waals surface area (Å²) in [5, 5.41) is 18.7. The Kier molecular flexibility index (Phi) is 4.53. The van der Waals surface area contributed by atoms with E-state index in [9.17, 15) is 4.79 Å². The minimum absolute atomic E-state index is 0.0655. The highest BCUT2D eigenvalue weighted by molar-refractivity contribution is 8.00. The molecule has 0 unspecified atom stereocenters. The highest BCUT2D eigenvalue weighted by atomic mass is 32.2. The first-order valence-corrected chi connectivity index (χ1v) is 9.28. The molecule has 0 bridgehead atoms. The summed E-state index contributed by atoms with van der Waals surface area (Å²) in [7, 11) is 0. The van der Waals surface area contributed by atoms with Crippen LogP contribution in [0.5, 0.6) is 0 Å². The van der Waals surface area contributed by atoms with Crippen LogP contribution in [0.1, 0.15) is 37.4 Å². The van der Waals surface area contributed by atoms with Gasteiger partial charge in [-0.3, -0.25) is 10.1 Å². The maximum absolute atomic E-state index is 12.1. The van der Waals surface area contributed by atoms with Gasteiger partial charge in [0, 0.05) is 13.1 Å². The van der Waals surface area contributed by atoms with Crippen LogP contribution < -0.4 is 10.2 Å². The van der Waals surface area contributed by atoms with Crippen molar-refractivity contribution >= 4 is 40.2 Å². The van der Waals surface area contributed by atoms with Crippen molar-refractivity contribution in [3.05, 3.63) is 5.89 Å². The molecular weight excluding hydrogens is 336 g/mol. The summed E-state index contributed by atoms with van der Waals surface area (Å²) in [6, 6.07) is 0.394. The third-order valence-corrected chi connectivity index (χ3v) is 5.40. The van der Waals surface area contributed by atoms with Crippen molar-refractivity contribution < 1.29 is 9.21 Å². The normalized spacial score (nSPS) is 17.3. The van der Waals surface area contributed by atoms with Crippen molar-refractivity contribution in [1.82, 2.24) is 20.4 Å². The summed E-state index contributed by atoms with van der Waals surface area (Å²) in [4.78, 5) is 14.2. The Morgan fingerprint density at radius 1 is 1.35 bits per heavy atom. The average molecular weight is 354 g/mol. The lowest BCUT2D eigenvalue weighted by Gasteiger charge is -2.36. The number of carbonyl (C=O) groups excluding carboxylic acids is 1. The Balaban J connectivity index is 1.67. The average Bonchev–Trinajstić information content (AvgIpc) is 3.15. The second-order valence-electron chi connectivity index (χ2n) is 6.11. The molecule has 0 aromatic carbocycles. The second kappa shape index (κ2) is 6.44. The molecule has 0 aliphatic carbocycles. The Morgan fingerprint density at radius 2 is 2.17 bits per heavy atom. The summed E-state index contributed by atoms with van der Waals surface area (Å²) >= 11 is 2.77. The van der Waals surface area contributed by atoms with E-state index in [4.69, 9.17) is 4.42 Å². The fourth-order valence-electron chi connectivity index (χ4n) is 2.51. The highest BCUT2D eigenvalue weighted by Gasteiger charge is 2.29. The number of nitrogens with zero attached hydrogens (tertiary/aromatic N) is 5. The van der Waals surface area contributed by atoms with Crippen molar-refractivity contribution in [2.24, 2.45) is 5.41 Å². The second-order valence-corrected chi connectivity index (χ2v) is 8.14. The molecule has 3 heterocycles. The third-order valence-electron chi connectivity index (χ3n) is 3.58. The largest absolute Gasteiger partial charge is 0.399 e. The molecule has 3 rings (SSSR count). The Morgan fingerprint density at radius 3 is 2.87 bits per heavy atom. The zero-order valence-electron chi connectivity index (χ0n) is 13.2. The number of thioether (sulfide) groups is 1. The van der Waals surface area contributed by atoms with Gasteiger partial charge in [-0.2, -0.15) is 0 Å². The molecule has 2 aromatic rings. The van der Waals surface area contributed by atoms with Gasteiger partial charge >= 0.3 is 17.8 Å². The van der Waals surface area contributed by atoms with Crippen LogP contribution in [0.4, 0.5) is 11.1 Å². The van der Waals surface area contributed by atoms with Gasteiger partial charge in [0.25, 0.3) is 0 Å². The van der Waals surface area contributed by atoms with E-state index < -0.39 is 5.91 Å². The van der Waals surface area contributed by atoms with Crippen LogP contribution >= 0.6 is 23.1 Å². The number of amides is 1. The van der Waals surface area contributed by atoms with Gasteiger partial charge in [-0.25, -0.2) is 0 Å². The van der Waals surface area contributed by atoms with Gasteiger partial charge in [0.2, 0.25) is 5.13 Å². The minimum atomic E-state index is -0.469. The van der Waals surface area contributed by atoms with Crippen LogP contribution in [0.15, 0.2) is 8.76 Å². The van der Waals surface area contributed by atoms with E-state index >= 15 is 0 Å². The van der Waals surface area contributed by atoms with Crippen molar-refractivity contribution in [2.75, 3.05) is 29.6 Å². The number of rotatable bonds is 4. The topological polar surface area (TPSA) is 97.0 Å². The predicted molar refractivity (Wildman–Crippen MR) is 89.2 cm³/mol. The SMILES string of the molecule is CSc1nnc(NC(=O)c2nnc(N3CCCC(C)(C)C3)o2)s1. The van der Waals surface area contributed by atoms with E-state index in [1.54, 1.807) is 0 Å². The molecule has 1 fully saturated rings. The number of hydrogen-bond donors (Lipinski definition) is 1. The summed E-state index contributed by atoms with van der Waals surface area (Å²) in [5.74, 6) is -0.534. The maximum atomic E-state index is 12.1. The summed E-state index contributed by atoms with van der Waals surface area (Å²) < 4.78 is 6.31. The van der Waals surface area contributed by atoms with Crippen LogP contribution in [0, 0.1) is 5.41 Å². The van der Waals surface area contributed by atoms with E-state index in [0.717, 1.165) is 23.8 Å². The molecule has 23 heavy (non-hydrogen) atoms. The fraction of sp³-hybridized carbons (Fsp3) is 0.615. The minimum Gasteiger partial charge on any atom is -0.399 e. The van der Waals surface area contributed by atoms with E-state index in [1.807, 2.05) is 11.2 Å². The van der Waals surface area contributed by atoms with E-state index in [0.29, 0.717) is 11.1 Å². The van der Waals surface area contributed by atoms with E-state index in [1.165, 1.54) is 29.5 Å². The standard InChI is InChI=1S/C13H18N6O2S2/c1-13(2)5-4-6-19(7-13)11-17-15-9(21-11)8(20)14-10-16-18-12(22-3)23-10/h4-7H2,1-3H3,(H,14,16,20). The van der Waals surface area contributed by atoms with Crippen molar-refractivity contribution in [1.29, 1.82) is 0 Å². The number of nitrogens with one attached hydrogen (secondary N) is 1. The smallest absolute Gasteiger partial charge is 0.318 e. The molecule has 0 spiro atoms. The van der Waals surface area contributed by atoms with E-state index in [-0.39, 0.29) is 11.3 Å². The fourth-order valence-corrected chi connectivity index (χ4v) is 3.68. The van der Waals surface area contributed by atoms with Gasteiger partial charge in [0.05, 0.1) is 0 Å². The Labute approximate surface area is 142 Å². The lowest BCUT2D eigenvalue weighted by atomic mass is 9.84. The predicted octanol–water partition coefficient (Wildman–Crippen LogP) is 2.52. The zero-order chi connectivity index (χ0) is 16.4. The van der Waals surface area contributed by atoms with Crippen molar-refractivity contribution in [3.63, 3.8) is 0 Å². The lowest BCUT2D eigenvalue weighted by molar-refractivity contribution is 0.0990. The molecule has 2 aromatic heterocycles. The number of hydrogen-bond acceptors (Lipinski definition) is 9. The molecule has 1 aliphatic rings. The molecule has 1 aliphatic heterocycles. The molecule has 124 valence electrons. The molecular formula is C13H18N6O2S2. The number of piperidine rings is 1. The van der Waals surface area contributed by atoms with Crippen LogP contribution in [0.25, 0.3) is 0 Å². The molecule has 0 radical (unpaired) electrons. The maximum Gasteiger partial charge on any atom is 0.318 e. The zero-order valence-corrected chi connectivity index (χ0v) is 14.8. The van der Waals surface area contributed by atoms with Crippen LogP contribution in [0.2, 0.25) is 0 Å². The molecule has 10 heteroatoms. The van der Waals surface area contributed by atoms with Gasteiger partial charge in [-0.15, -0.1) is 15.3 Å². The van der Waals surface area contributed by atoms with Gasteiger partial charge in [-0.05, 0) is 24.5 Å². The van der Waals surface area contributed by atoms with Crippen molar-refractivity contribution in [3.8, 4) is 0 Å². The van der Waals surface area contributed by atoms with Gasteiger partial charge < -0.3 is 9.32 Å². The Hall–Kier alpha value is -1.68. The lowest BCUT2D eigenvalue weighted by Crippen LogP contribution is -2.40. The molecule has 0 atom stereocenters. The van der Waals surface area contributed by atoms with Crippen LogP contribution in [-0.4, -0.2) is 45.6 Å². The van der Waals surface area contributed by atoms with Crippen molar-refractivity contribution in [2.45, 2.75) is 31.0 Å². The van der Waals surface area contributed by atoms with Gasteiger partial charge in [-0.1, -0.05) is 42.0 Å². The Bertz CT molecular complexity index is 698. The van der Waals surface area contributed by atoms with Gasteiger partial charge in [0.15, 0.2) is 4.34 Å². The summed E-state index contributed by atoms with van der Waals surface area (Å²) in [6.45, 7) is 6.12. The van der Waals surface area contributed by atoms with Crippen LogP contribution in [-0.2, 0) is 0 Å².